The average molecular weight is 453 g/mol. The van der Waals surface area contributed by atoms with Crippen molar-refractivity contribution >= 4 is 37.2 Å². The summed E-state index contributed by atoms with van der Waals surface area (Å²) < 4.78 is 21.7. The van der Waals surface area contributed by atoms with Crippen molar-refractivity contribution in [2.75, 3.05) is 7.11 Å². The molecular formula is C21H22ClO7P-2. The Hall–Kier alpha value is -1.79. The predicted molar refractivity (Wildman–Crippen MR) is 107 cm³/mol. The number of carboxylic acids is 1. The molecule has 0 unspecified atom stereocenters. The molecule has 0 saturated heterocycles. The van der Waals surface area contributed by atoms with E-state index in [9.17, 15) is 19.1 Å². The summed E-state index contributed by atoms with van der Waals surface area (Å²) in [6.07, 6.45) is 7.71. The summed E-state index contributed by atoms with van der Waals surface area (Å²) in [5, 5.41) is 8.78. The quantitative estimate of drug-likeness (QED) is 0.398. The number of hydrogen-bond acceptors (Lipinski definition) is 6. The molecule has 0 aliphatic heterocycles. The molecule has 4 aliphatic rings. The van der Waals surface area contributed by atoms with Crippen LogP contribution in [0.1, 0.15) is 43.2 Å². The minimum Gasteiger partial charge on any atom is -0.780 e. The first kappa shape index (κ1) is 21.4. The maximum Gasteiger partial charge on any atom is 0.328 e. The molecule has 0 atom stereocenters. The number of hydrogen-bond donors (Lipinski definition) is 1. The van der Waals surface area contributed by atoms with Gasteiger partial charge in [0.1, 0.15) is 13.6 Å². The number of rotatable bonds is 6. The van der Waals surface area contributed by atoms with E-state index in [4.69, 9.17) is 21.4 Å². The van der Waals surface area contributed by atoms with Gasteiger partial charge in [-0.1, -0.05) is 17.7 Å². The molecule has 0 heterocycles. The number of allylic oxidation sites excluding steroid dienone is 1. The van der Waals surface area contributed by atoms with Gasteiger partial charge in [-0.25, -0.2) is 4.79 Å². The van der Waals surface area contributed by atoms with Gasteiger partial charge in [0.05, 0.1) is 12.1 Å². The molecule has 4 fully saturated rings. The van der Waals surface area contributed by atoms with E-state index < -0.39 is 13.8 Å². The first-order chi connectivity index (χ1) is 14.2. The van der Waals surface area contributed by atoms with Crippen molar-refractivity contribution in [2.45, 2.75) is 32.1 Å². The van der Waals surface area contributed by atoms with E-state index in [1.807, 2.05) is 0 Å². The zero-order valence-corrected chi connectivity index (χ0v) is 18.0. The Morgan fingerprint density at radius 2 is 1.77 bits per heavy atom. The molecule has 162 valence electrons. The molecule has 9 heteroatoms. The molecule has 30 heavy (non-hydrogen) atoms. The Kier molecular flexibility index (Phi) is 5.75. The van der Waals surface area contributed by atoms with Crippen molar-refractivity contribution < 1.29 is 33.5 Å². The molecule has 1 aromatic rings. The molecule has 0 amide bonds. The highest BCUT2D eigenvalue weighted by molar-refractivity contribution is 7.43. The number of carbonyl (C=O) groups is 1. The third kappa shape index (κ3) is 4.17. The summed E-state index contributed by atoms with van der Waals surface area (Å²) in [7, 11) is -3.87. The van der Waals surface area contributed by atoms with Gasteiger partial charge in [0, 0.05) is 17.2 Å². The largest absolute Gasteiger partial charge is 0.780 e. The van der Waals surface area contributed by atoms with Crippen LogP contribution in [0.25, 0.3) is 11.8 Å². The second-order valence-electron chi connectivity index (χ2n) is 8.35. The van der Waals surface area contributed by atoms with Gasteiger partial charge < -0.3 is 28.7 Å². The zero-order valence-electron chi connectivity index (χ0n) is 16.4. The van der Waals surface area contributed by atoms with Gasteiger partial charge in [0.15, 0.2) is 5.75 Å². The van der Waals surface area contributed by atoms with E-state index in [1.54, 1.807) is 13.2 Å². The summed E-state index contributed by atoms with van der Waals surface area (Å²) in [6, 6.07) is 3.12. The Morgan fingerprint density at radius 3 is 2.27 bits per heavy atom. The highest BCUT2D eigenvalue weighted by Crippen LogP contribution is 2.58. The molecule has 1 N–H and O–H groups in total. The molecular weight excluding hydrogens is 431 g/mol. The van der Waals surface area contributed by atoms with Crippen LogP contribution in [0.3, 0.4) is 0 Å². The summed E-state index contributed by atoms with van der Waals surface area (Å²) in [6.45, 7) is 0. The van der Waals surface area contributed by atoms with Crippen LogP contribution < -0.4 is 14.3 Å². The van der Waals surface area contributed by atoms with Crippen LogP contribution in [-0.2, 0) is 14.1 Å². The normalized spacial score (nSPS) is 27.5. The Bertz CT molecular complexity index is 948. The second-order valence-corrected chi connectivity index (χ2v) is 9.80. The van der Waals surface area contributed by atoms with E-state index in [-0.39, 0.29) is 16.3 Å². The predicted octanol–water partition coefficient (Wildman–Crippen LogP) is 3.46. The van der Waals surface area contributed by atoms with E-state index >= 15 is 0 Å². The summed E-state index contributed by atoms with van der Waals surface area (Å²) in [5.74, 6) is 1.29. The van der Waals surface area contributed by atoms with Crippen molar-refractivity contribution in [1.82, 2.24) is 0 Å². The fourth-order valence-electron chi connectivity index (χ4n) is 5.69. The van der Waals surface area contributed by atoms with Crippen LogP contribution >= 0.6 is 19.4 Å². The number of phosphoric acid groups is 1. The smallest absolute Gasteiger partial charge is 0.328 e. The zero-order chi connectivity index (χ0) is 21.6. The Balaban J connectivity index is 1.82. The van der Waals surface area contributed by atoms with E-state index in [0.29, 0.717) is 23.2 Å². The lowest BCUT2D eigenvalue weighted by molar-refractivity contribution is -0.333. The molecule has 7 nitrogen and oxygen atoms in total. The number of benzene rings is 1. The minimum absolute atomic E-state index is 0.0728. The van der Waals surface area contributed by atoms with E-state index in [1.165, 1.54) is 18.1 Å². The number of ether oxygens (including phenoxy) is 1. The average Bonchev–Trinajstić information content (AvgIpc) is 2.64. The molecule has 4 bridgehead atoms. The maximum absolute atomic E-state index is 11.3. The topological polar surface area (TPSA) is 119 Å². The number of methoxy groups -OCH3 is 1. The molecule has 0 aromatic heterocycles. The highest BCUT2D eigenvalue weighted by atomic mass is 35.5. The van der Waals surface area contributed by atoms with Gasteiger partial charge in [0.25, 0.3) is 0 Å². The third-order valence-electron chi connectivity index (χ3n) is 6.46. The molecule has 4 aliphatic carbocycles. The lowest BCUT2D eigenvalue weighted by Gasteiger charge is -2.51. The van der Waals surface area contributed by atoms with Crippen LogP contribution in [0.5, 0.6) is 5.75 Å². The highest BCUT2D eigenvalue weighted by Gasteiger charge is 2.47. The monoisotopic (exact) mass is 452 g/mol. The molecule has 0 spiro atoms. The summed E-state index contributed by atoms with van der Waals surface area (Å²) >= 11 is 6.50. The van der Waals surface area contributed by atoms with Crippen LogP contribution in [0, 0.1) is 23.7 Å². The first-order valence-electron chi connectivity index (χ1n) is 9.89. The van der Waals surface area contributed by atoms with Gasteiger partial charge >= 0.3 is 5.97 Å². The fraction of sp³-hybridized carbons (Fsp3) is 0.476. The fourth-order valence-corrected chi connectivity index (χ4v) is 6.46. The Morgan fingerprint density at radius 1 is 1.17 bits per heavy atom. The van der Waals surface area contributed by atoms with Gasteiger partial charge in [-0.15, -0.1) is 0 Å². The van der Waals surface area contributed by atoms with Gasteiger partial charge in [-0.05, 0) is 73.5 Å². The van der Waals surface area contributed by atoms with Crippen molar-refractivity contribution in [3.63, 3.8) is 0 Å². The van der Waals surface area contributed by atoms with Crippen molar-refractivity contribution in [1.29, 1.82) is 0 Å². The number of carboxylic acid groups (broad SMARTS) is 1. The third-order valence-corrected chi connectivity index (χ3v) is 7.25. The van der Waals surface area contributed by atoms with Gasteiger partial charge in [-0.2, -0.15) is 0 Å². The second kappa shape index (κ2) is 8.04. The number of aliphatic carboxylic acids is 1. The standard InChI is InChI=1S/C21H24ClO7P/c1-28-21(18-14-7-11-6-12(9-14)10-15(18)8-11)16-4-2-13(3-5-17(23)24)20(19(16)22)29-30(25,26)27/h2-5,11-12,14-15H,6-10H2,1H3,(H,23,24)(H2,25,26,27)/p-2/b5-3+,21-18?. The summed E-state index contributed by atoms with van der Waals surface area (Å²) in [5.41, 5.74) is 1.72. The first-order valence-corrected chi connectivity index (χ1v) is 11.7. The van der Waals surface area contributed by atoms with Crippen molar-refractivity contribution in [3.8, 4) is 5.75 Å². The Labute approximate surface area is 179 Å². The minimum atomic E-state index is -5.42. The molecule has 5 rings (SSSR count). The maximum atomic E-state index is 11.3. The van der Waals surface area contributed by atoms with Gasteiger partial charge in [-0.3, -0.25) is 0 Å². The van der Waals surface area contributed by atoms with Crippen LogP contribution in [0.15, 0.2) is 23.8 Å². The molecule has 4 saturated carbocycles. The lowest BCUT2D eigenvalue weighted by Crippen LogP contribution is -2.40. The van der Waals surface area contributed by atoms with Crippen LogP contribution in [0.2, 0.25) is 5.02 Å². The SMILES string of the molecule is COC(=C1C2CC3CC(C2)CC1C3)c1ccc(/C=C/C(=O)O)c(OP(=O)([O-])[O-])c1Cl. The molecule has 1 aromatic carbocycles. The lowest BCUT2D eigenvalue weighted by atomic mass is 9.54. The van der Waals surface area contributed by atoms with Crippen LogP contribution in [-0.4, -0.2) is 18.2 Å². The van der Waals surface area contributed by atoms with Gasteiger partial charge in [0.2, 0.25) is 0 Å². The van der Waals surface area contributed by atoms with Crippen LogP contribution in [0.4, 0.5) is 0 Å². The summed E-state index contributed by atoms with van der Waals surface area (Å²) in [4.78, 5) is 33.5. The van der Waals surface area contributed by atoms with E-state index in [2.05, 4.69) is 4.52 Å². The number of phosphoric ester groups is 1. The van der Waals surface area contributed by atoms with Crippen molar-refractivity contribution in [2.24, 2.45) is 23.7 Å². The molecule has 0 radical (unpaired) electrons. The van der Waals surface area contributed by atoms with Crippen molar-refractivity contribution in [3.05, 3.63) is 39.9 Å². The van der Waals surface area contributed by atoms with E-state index in [0.717, 1.165) is 49.7 Å². The number of halogens is 1.